The molecule has 0 aromatic heterocycles. The van der Waals surface area contributed by atoms with Gasteiger partial charge in [0, 0.05) is 15.8 Å². The first-order valence-corrected chi connectivity index (χ1v) is 11.1. The molecule has 2 aromatic rings. The van der Waals surface area contributed by atoms with E-state index in [1.165, 1.54) is 9.80 Å². The van der Waals surface area contributed by atoms with Crippen LogP contribution in [-0.2, 0) is 4.74 Å². The van der Waals surface area contributed by atoms with Crippen LogP contribution in [0.1, 0.15) is 45.5 Å². The Morgan fingerprint density at radius 3 is 2.74 bits per heavy atom. The number of piperidine rings is 1. The Morgan fingerprint density at radius 2 is 2.03 bits per heavy atom. The minimum absolute atomic E-state index is 0.205. The van der Waals surface area contributed by atoms with Crippen molar-refractivity contribution in [3.05, 3.63) is 56.2 Å². The van der Waals surface area contributed by atoms with E-state index < -0.39 is 35.1 Å². The van der Waals surface area contributed by atoms with Crippen molar-refractivity contribution >= 4 is 45.8 Å². The summed E-state index contributed by atoms with van der Waals surface area (Å²) in [6, 6.07) is 6.05. The minimum Gasteiger partial charge on any atom is -0.440 e. The molecule has 0 spiro atoms. The standard InChI is InChI=1S/C22H21F2IN2O4/c1-12-8-13(25)5-6-17(12)27-11-31-22(30)16-9-15(18(23)19(24)20(16)27)21(29)26-7-3-2-4-14(26)10-28/h5-6,8-9,14,28H,2-4,7,10-11H2,1H3. The predicted octanol–water partition coefficient (Wildman–Crippen LogP) is 4.13. The topological polar surface area (TPSA) is 70.1 Å². The van der Waals surface area contributed by atoms with Gasteiger partial charge in [-0.2, -0.15) is 0 Å². The van der Waals surface area contributed by atoms with Gasteiger partial charge in [-0.1, -0.05) is 0 Å². The van der Waals surface area contributed by atoms with E-state index in [1.54, 1.807) is 6.07 Å². The summed E-state index contributed by atoms with van der Waals surface area (Å²) in [6.45, 7) is 1.63. The molecule has 2 aliphatic heterocycles. The first-order valence-electron chi connectivity index (χ1n) is 9.98. The van der Waals surface area contributed by atoms with E-state index in [4.69, 9.17) is 4.74 Å². The molecule has 2 aliphatic rings. The molecule has 4 rings (SSSR count). The summed E-state index contributed by atoms with van der Waals surface area (Å²) in [5, 5.41) is 9.58. The number of anilines is 2. The largest absolute Gasteiger partial charge is 0.440 e. The maximum absolute atomic E-state index is 15.3. The molecule has 31 heavy (non-hydrogen) atoms. The number of hydrogen-bond donors (Lipinski definition) is 1. The van der Waals surface area contributed by atoms with E-state index in [2.05, 4.69) is 22.6 Å². The average Bonchev–Trinajstić information content (AvgIpc) is 2.76. The van der Waals surface area contributed by atoms with Crippen LogP contribution in [0.2, 0.25) is 0 Å². The molecule has 0 bridgehead atoms. The summed E-state index contributed by atoms with van der Waals surface area (Å²) >= 11 is 2.15. The number of carbonyl (C=O) groups is 2. The summed E-state index contributed by atoms with van der Waals surface area (Å²) in [5.41, 5.74) is 0.392. The van der Waals surface area contributed by atoms with Gasteiger partial charge in [-0.3, -0.25) is 4.79 Å². The lowest BCUT2D eigenvalue weighted by atomic mass is 9.99. The Bertz CT molecular complexity index is 1060. The zero-order valence-electron chi connectivity index (χ0n) is 16.8. The van der Waals surface area contributed by atoms with Crippen LogP contribution in [0.5, 0.6) is 0 Å². The summed E-state index contributed by atoms with van der Waals surface area (Å²) in [6.07, 6.45) is 2.13. The number of aliphatic hydroxyl groups is 1. The van der Waals surface area contributed by atoms with Gasteiger partial charge in [0.05, 0.1) is 29.5 Å². The summed E-state index contributed by atoms with van der Waals surface area (Å²) in [5.74, 6) is -4.14. The van der Waals surface area contributed by atoms with Crippen molar-refractivity contribution in [3.63, 3.8) is 0 Å². The van der Waals surface area contributed by atoms with Crippen molar-refractivity contribution in [2.75, 3.05) is 24.8 Å². The number of likely N-dealkylation sites (tertiary alicyclic amines) is 1. The third kappa shape index (κ3) is 3.89. The first kappa shape index (κ1) is 21.9. The highest BCUT2D eigenvalue weighted by Crippen LogP contribution is 2.39. The number of rotatable bonds is 3. The monoisotopic (exact) mass is 542 g/mol. The van der Waals surface area contributed by atoms with Crippen molar-refractivity contribution < 1.29 is 28.2 Å². The molecular weight excluding hydrogens is 521 g/mol. The Labute approximate surface area is 191 Å². The fraction of sp³-hybridized carbons (Fsp3) is 0.364. The van der Waals surface area contributed by atoms with E-state index in [9.17, 15) is 14.7 Å². The molecule has 1 fully saturated rings. The van der Waals surface area contributed by atoms with Crippen LogP contribution in [0.25, 0.3) is 0 Å². The van der Waals surface area contributed by atoms with Crippen molar-refractivity contribution in [2.24, 2.45) is 0 Å². The number of halogens is 3. The molecule has 6 nitrogen and oxygen atoms in total. The number of hydrogen-bond acceptors (Lipinski definition) is 5. The number of nitrogens with zero attached hydrogens (tertiary/aromatic N) is 2. The van der Waals surface area contributed by atoms with Gasteiger partial charge >= 0.3 is 5.97 Å². The molecule has 0 aliphatic carbocycles. The Kier molecular flexibility index (Phi) is 6.16. The van der Waals surface area contributed by atoms with Gasteiger partial charge in [0.1, 0.15) is 0 Å². The van der Waals surface area contributed by atoms with E-state index >= 15 is 8.78 Å². The molecule has 1 unspecified atom stereocenters. The molecule has 2 aromatic carbocycles. The smallest absolute Gasteiger partial charge is 0.342 e. The van der Waals surface area contributed by atoms with Crippen molar-refractivity contribution in [1.29, 1.82) is 0 Å². The Morgan fingerprint density at radius 1 is 1.26 bits per heavy atom. The van der Waals surface area contributed by atoms with Gasteiger partial charge in [-0.05, 0) is 78.6 Å². The number of esters is 1. The van der Waals surface area contributed by atoms with Crippen LogP contribution in [0.3, 0.4) is 0 Å². The Balaban J connectivity index is 1.81. The second kappa shape index (κ2) is 8.70. The molecule has 9 heteroatoms. The molecule has 1 amide bonds. The van der Waals surface area contributed by atoms with Crippen molar-refractivity contribution in [1.82, 2.24) is 4.90 Å². The summed E-state index contributed by atoms with van der Waals surface area (Å²) < 4.78 is 36.6. The quantitative estimate of drug-likeness (QED) is 0.467. The van der Waals surface area contributed by atoms with E-state index in [0.29, 0.717) is 25.1 Å². The molecule has 0 saturated carbocycles. The van der Waals surface area contributed by atoms with E-state index in [-0.39, 0.29) is 24.6 Å². The molecule has 164 valence electrons. The normalized spacial score (nSPS) is 18.6. The molecule has 1 atom stereocenters. The number of aliphatic hydroxyl groups excluding tert-OH is 1. The molecule has 1 N–H and O–H groups in total. The van der Waals surface area contributed by atoms with Crippen LogP contribution in [0.15, 0.2) is 24.3 Å². The van der Waals surface area contributed by atoms with Crippen LogP contribution < -0.4 is 4.90 Å². The average molecular weight is 542 g/mol. The zero-order valence-corrected chi connectivity index (χ0v) is 19.0. The maximum Gasteiger partial charge on any atom is 0.342 e. The van der Waals surface area contributed by atoms with E-state index in [1.807, 2.05) is 19.1 Å². The third-order valence-electron chi connectivity index (χ3n) is 5.77. The van der Waals surface area contributed by atoms with E-state index in [0.717, 1.165) is 21.6 Å². The first-order chi connectivity index (χ1) is 14.8. The highest BCUT2D eigenvalue weighted by atomic mass is 127. The maximum atomic E-state index is 15.3. The van der Waals surface area contributed by atoms with Gasteiger partial charge in [0.25, 0.3) is 5.91 Å². The number of amides is 1. The molecule has 0 radical (unpaired) electrons. The van der Waals surface area contributed by atoms with Gasteiger partial charge < -0.3 is 19.6 Å². The van der Waals surface area contributed by atoms with Crippen LogP contribution in [0, 0.1) is 22.1 Å². The van der Waals surface area contributed by atoms with Crippen molar-refractivity contribution in [2.45, 2.75) is 32.2 Å². The number of carbonyl (C=O) groups excluding carboxylic acids is 2. The van der Waals surface area contributed by atoms with Gasteiger partial charge in [-0.15, -0.1) is 0 Å². The number of fused-ring (bicyclic) bond motifs is 1. The lowest BCUT2D eigenvalue weighted by Gasteiger charge is -2.35. The van der Waals surface area contributed by atoms with Crippen LogP contribution in [0.4, 0.5) is 20.2 Å². The summed E-state index contributed by atoms with van der Waals surface area (Å²) in [7, 11) is 0. The fourth-order valence-corrected chi connectivity index (χ4v) is 4.83. The van der Waals surface area contributed by atoms with Crippen molar-refractivity contribution in [3.8, 4) is 0 Å². The molecule has 1 saturated heterocycles. The second-order valence-electron chi connectivity index (χ2n) is 7.70. The number of ether oxygens (including phenoxy) is 1. The lowest BCUT2D eigenvalue weighted by Crippen LogP contribution is -2.46. The fourth-order valence-electron chi connectivity index (χ4n) is 4.18. The predicted molar refractivity (Wildman–Crippen MR) is 118 cm³/mol. The Hall–Kier alpha value is -2.27. The van der Waals surface area contributed by atoms with Crippen LogP contribution in [-0.4, -0.2) is 47.8 Å². The van der Waals surface area contributed by atoms with Crippen LogP contribution >= 0.6 is 22.6 Å². The third-order valence-corrected chi connectivity index (χ3v) is 6.45. The lowest BCUT2D eigenvalue weighted by molar-refractivity contribution is 0.0487. The highest BCUT2D eigenvalue weighted by molar-refractivity contribution is 14.1. The van der Waals surface area contributed by atoms with Gasteiger partial charge in [0.2, 0.25) is 0 Å². The SMILES string of the molecule is Cc1cc(I)ccc1N1COC(=O)c2cc(C(=O)N3CCCCC3CO)c(F)c(F)c21. The number of benzene rings is 2. The second-order valence-corrected chi connectivity index (χ2v) is 8.94. The molecule has 2 heterocycles. The van der Waals surface area contributed by atoms with Gasteiger partial charge in [0.15, 0.2) is 18.4 Å². The summed E-state index contributed by atoms with van der Waals surface area (Å²) in [4.78, 5) is 28.2. The number of aryl methyl sites for hydroxylation is 1. The number of cyclic esters (lactones) is 1. The minimum atomic E-state index is -1.31. The highest BCUT2D eigenvalue weighted by Gasteiger charge is 2.36. The molecular formula is C22H21F2IN2O4. The van der Waals surface area contributed by atoms with Gasteiger partial charge in [-0.25, -0.2) is 13.6 Å². The zero-order chi connectivity index (χ0) is 22.3.